The molecule has 3 rings (SSSR count). The molecule has 0 saturated carbocycles. The van der Waals surface area contributed by atoms with Crippen molar-refractivity contribution in [3.63, 3.8) is 0 Å². The lowest BCUT2D eigenvalue weighted by Gasteiger charge is -2.39. The van der Waals surface area contributed by atoms with Gasteiger partial charge in [-0.1, -0.05) is 0 Å². The zero-order valence-corrected chi connectivity index (χ0v) is 24.0. The Labute approximate surface area is 239 Å². The third-order valence-electron chi connectivity index (χ3n) is 5.50. The van der Waals surface area contributed by atoms with E-state index in [1.807, 2.05) is 6.07 Å². The minimum Gasteiger partial charge on any atom is -0.458 e. The lowest BCUT2D eigenvalue weighted by molar-refractivity contribution is -0.122. The molecule has 10 nitrogen and oxygen atoms in total. The van der Waals surface area contributed by atoms with Gasteiger partial charge < -0.3 is 14.2 Å². The molecule has 0 spiro atoms. The SMILES string of the molecule is CC(C)(C)OC(=O)N(C(=O)OC(C)(C)C)C1=N[C@](C)(c2nc(/C=C(\F)c3ccc(C#N)cn3)ccc2F)C(F)(F)CO1. The molecule has 2 aromatic rings. The number of nitriles is 1. The van der Waals surface area contributed by atoms with Gasteiger partial charge in [0.15, 0.2) is 18.0 Å². The van der Waals surface area contributed by atoms with Gasteiger partial charge in [0.25, 0.3) is 0 Å². The summed E-state index contributed by atoms with van der Waals surface area (Å²) >= 11 is 0. The fraction of sp³-hybridized carbons (Fsp3) is 0.429. The van der Waals surface area contributed by atoms with Crippen LogP contribution in [0.5, 0.6) is 0 Å². The average Bonchev–Trinajstić information content (AvgIpc) is 2.85. The molecule has 0 N–H and O–H groups in total. The summed E-state index contributed by atoms with van der Waals surface area (Å²) in [6.45, 7) is 8.42. The second kappa shape index (κ2) is 11.4. The number of amidine groups is 1. The van der Waals surface area contributed by atoms with Gasteiger partial charge in [-0.25, -0.2) is 28.3 Å². The van der Waals surface area contributed by atoms with Gasteiger partial charge in [0.2, 0.25) is 0 Å². The fourth-order valence-electron chi connectivity index (χ4n) is 3.47. The van der Waals surface area contributed by atoms with Crippen molar-refractivity contribution in [2.75, 3.05) is 6.61 Å². The highest BCUT2D eigenvalue weighted by Crippen LogP contribution is 2.44. The minimum atomic E-state index is -3.92. The van der Waals surface area contributed by atoms with E-state index in [0.717, 1.165) is 31.3 Å². The van der Waals surface area contributed by atoms with E-state index in [1.165, 1.54) is 53.7 Å². The number of halogens is 4. The molecule has 1 aliphatic rings. The second-order valence-corrected chi connectivity index (χ2v) is 11.4. The highest BCUT2D eigenvalue weighted by atomic mass is 19.3. The van der Waals surface area contributed by atoms with Crippen molar-refractivity contribution in [1.82, 2.24) is 14.9 Å². The van der Waals surface area contributed by atoms with Gasteiger partial charge in [0.05, 0.1) is 17.0 Å². The van der Waals surface area contributed by atoms with E-state index in [2.05, 4.69) is 15.0 Å². The summed E-state index contributed by atoms with van der Waals surface area (Å²) in [4.78, 5) is 37.7. The van der Waals surface area contributed by atoms with Gasteiger partial charge in [0.1, 0.15) is 28.8 Å². The normalized spacial score (nSPS) is 18.7. The van der Waals surface area contributed by atoms with Crippen LogP contribution in [0.1, 0.15) is 71.1 Å². The van der Waals surface area contributed by atoms with Crippen LogP contribution in [0.2, 0.25) is 0 Å². The number of alkyl halides is 2. The number of hydrogen-bond acceptors (Lipinski definition) is 9. The summed E-state index contributed by atoms with van der Waals surface area (Å²) in [7, 11) is 0. The third-order valence-corrected chi connectivity index (χ3v) is 5.50. The van der Waals surface area contributed by atoms with Crippen molar-refractivity contribution in [2.24, 2.45) is 4.99 Å². The molecule has 42 heavy (non-hydrogen) atoms. The first kappa shape index (κ1) is 32.0. The second-order valence-electron chi connectivity index (χ2n) is 11.4. The van der Waals surface area contributed by atoms with Crippen LogP contribution in [-0.4, -0.2) is 56.8 Å². The van der Waals surface area contributed by atoms with E-state index in [-0.39, 0.29) is 21.9 Å². The summed E-state index contributed by atoms with van der Waals surface area (Å²) < 4.78 is 76.3. The summed E-state index contributed by atoms with van der Waals surface area (Å²) in [5, 5.41) is 8.88. The van der Waals surface area contributed by atoms with Crippen molar-refractivity contribution >= 4 is 30.1 Å². The van der Waals surface area contributed by atoms with Crippen molar-refractivity contribution in [1.29, 1.82) is 5.26 Å². The lowest BCUT2D eigenvalue weighted by Crippen LogP contribution is -2.56. The number of nitrogens with zero attached hydrogens (tertiary/aromatic N) is 5. The Kier molecular flexibility index (Phi) is 8.67. The molecule has 3 heterocycles. The molecule has 1 aliphatic heterocycles. The van der Waals surface area contributed by atoms with E-state index < -0.39 is 64.8 Å². The molecule has 0 aromatic carbocycles. The van der Waals surface area contributed by atoms with Crippen LogP contribution < -0.4 is 0 Å². The monoisotopic (exact) mass is 591 g/mol. The minimum absolute atomic E-state index is 0.184. The summed E-state index contributed by atoms with van der Waals surface area (Å²) in [6, 6.07) is 5.27. The Balaban J connectivity index is 2.13. The molecular formula is C28H29F4N5O5. The van der Waals surface area contributed by atoms with Gasteiger partial charge >= 0.3 is 24.1 Å². The lowest BCUT2D eigenvalue weighted by atomic mass is 9.89. The largest absolute Gasteiger partial charge is 0.458 e. The van der Waals surface area contributed by atoms with Crippen LogP contribution in [0.3, 0.4) is 0 Å². The van der Waals surface area contributed by atoms with E-state index in [1.54, 1.807) is 0 Å². The summed E-state index contributed by atoms with van der Waals surface area (Å²) in [5.41, 5.74) is -6.29. The summed E-state index contributed by atoms with van der Waals surface area (Å²) in [6.07, 6.45) is -0.723. The molecule has 0 aliphatic carbocycles. The number of ether oxygens (including phenoxy) is 3. The van der Waals surface area contributed by atoms with Crippen molar-refractivity contribution < 1.29 is 41.4 Å². The smallest absolute Gasteiger partial charge is 0.428 e. The van der Waals surface area contributed by atoms with E-state index in [4.69, 9.17) is 19.5 Å². The molecule has 0 fully saturated rings. The number of aromatic nitrogens is 2. The molecular weight excluding hydrogens is 562 g/mol. The molecule has 1 atom stereocenters. The quantitative estimate of drug-likeness (QED) is 0.377. The molecule has 2 amide bonds. The Bertz CT molecular complexity index is 1450. The maximum absolute atomic E-state index is 15.4. The van der Waals surface area contributed by atoms with Gasteiger partial charge in [-0.15, -0.1) is 4.90 Å². The number of imide groups is 1. The number of rotatable bonds is 3. The van der Waals surface area contributed by atoms with Crippen LogP contribution >= 0.6 is 0 Å². The Morgan fingerprint density at radius 3 is 2.17 bits per heavy atom. The predicted molar refractivity (Wildman–Crippen MR) is 142 cm³/mol. The molecule has 2 aromatic heterocycles. The highest BCUT2D eigenvalue weighted by Gasteiger charge is 2.59. The molecule has 0 bridgehead atoms. The Morgan fingerprint density at radius 2 is 1.67 bits per heavy atom. The first-order valence-electron chi connectivity index (χ1n) is 12.5. The first-order chi connectivity index (χ1) is 19.3. The predicted octanol–water partition coefficient (Wildman–Crippen LogP) is 6.36. The third kappa shape index (κ3) is 7.20. The van der Waals surface area contributed by atoms with Crippen LogP contribution in [0.4, 0.5) is 27.2 Å². The van der Waals surface area contributed by atoms with E-state index >= 15 is 13.2 Å². The summed E-state index contributed by atoms with van der Waals surface area (Å²) in [5.74, 6) is -6.09. The maximum atomic E-state index is 15.4. The Morgan fingerprint density at radius 1 is 1.07 bits per heavy atom. The van der Waals surface area contributed by atoms with Crippen molar-refractivity contribution in [3.05, 3.63) is 58.9 Å². The zero-order valence-electron chi connectivity index (χ0n) is 24.0. The van der Waals surface area contributed by atoms with Gasteiger partial charge in [-0.05, 0) is 72.7 Å². The maximum Gasteiger partial charge on any atom is 0.428 e. The van der Waals surface area contributed by atoms with Crippen molar-refractivity contribution in [2.45, 2.75) is 71.1 Å². The van der Waals surface area contributed by atoms with Crippen LogP contribution in [0, 0.1) is 17.1 Å². The topological polar surface area (TPSA) is 127 Å². The van der Waals surface area contributed by atoms with Crippen LogP contribution in [0.15, 0.2) is 35.5 Å². The van der Waals surface area contributed by atoms with Crippen molar-refractivity contribution in [3.8, 4) is 6.07 Å². The van der Waals surface area contributed by atoms with Crippen LogP contribution in [0.25, 0.3) is 11.9 Å². The molecule has 224 valence electrons. The Hall–Kier alpha value is -4.54. The fourth-order valence-corrected chi connectivity index (χ4v) is 3.47. The highest BCUT2D eigenvalue weighted by molar-refractivity contribution is 6.06. The number of carbonyl (C=O) groups excluding carboxylic acids is 2. The average molecular weight is 592 g/mol. The van der Waals surface area contributed by atoms with Gasteiger partial charge in [-0.2, -0.15) is 14.0 Å². The first-order valence-corrected chi connectivity index (χ1v) is 12.5. The number of hydrogen-bond donors (Lipinski definition) is 0. The molecule has 0 saturated heterocycles. The van der Waals surface area contributed by atoms with Gasteiger partial charge in [0, 0.05) is 12.3 Å². The van der Waals surface area contributed by atoms with E-state index in [9.17, 15) is 14.0 Å². The molecule has 14 heteroatoms. The zero-order chi connectivity index (χ0) is 31.7. The van der Waals surface area contributed by atoms with Gasteiger partial charge in [-0.3, -0.25) is 4.98 Å². The van der Waals surface area contributed by atoms with Crippen LogP contribution in [-0.2, 0) is 19.7 Å². The van der Waals surface area contributed by atoms with E-state index in [0.29, 0.717) is 0 Å². The molecule has 0 radical (unpaired) electrons. The number of carbonyl (C=O) groups is 2. The number of pyridine rings is 2. The number of amides is 2. The number of aliphatic imine (C=N–C) groups is 1. The molecule has 0 unspecified atom stereocenters. The standard InChI is InChI=1S/C28H29F4N5O5/c1-25(2,3)41-23(38)37(24(39)42-26(4,5)6)22-36-27(7,28(31,32)15-40-22)21-18(29)10-9-17(35-21)12-19(30)20-11-8-16(13-33)14-34-20/h8-12,14H,15H2,1-7H3/b19-12-/t27-/m1/s1.